The van der Waals surface area contributed by atoms with Crippen LogP contribution in [-0.4, -0.2) is 54.3 Å². The summed E-state index contributed by atoms with van der Waals surface area (Å²) in [5, 5.41) is 12.4. The molecule has 0 heterocycles. The molecule has 0 spiro atoms. The highest BCUT2D eigenvalue weighted by Crippen LogP contribution is 2.13. The Labute approximate surface area is 111 Å². The summed E-state index contributed by atoms with van der Waals surface area (Å²) in [6.07, 6.45) is 0.541. The van der Waals surface area contributed by atoms with E-state index >= 15 is 0 Å². The molecule has 1 atom stereocenters. The van der Waals surface area contributed by atoms with E-state index in [1.165, 1.54) is 0 Å². The maximum atomic E-state index is 11.6. The SMILES string of the molecule is C=C(C)C(=O)NC(C)(C)CC[N+](C)(C)CC(C)O. The Morgan fingerprint density at radius 1 is 1.44 bits per heavy atom. The third kappa shape index (κ3) is 7.45. The van der Waals surface area contributed by atoms with Crippen molar-refractivity contribution in [2.45, 2.75) is 45.8 Å². The van der Waals surface area contributed by atoms with Crippen molar-refractivity contribution in [2.24, 2.45) is 0 Å². The molecule has 0 bridgehead atoms. The molecule has 0 fully saturated rings. The van der Waals surface area contributed by atoms with Crippen molar-refractivity contribution >= 4 is 5.91 Å². The zero-order chi connectivity index (χ0) is 14.6. The molecule has 4 nitrogen and oxygen atoms in total. The van der Waals surface area contributed by atoms with Crippen LogP contribution in [0.2, 0.25) is 0 Å². The molecule has 0 aromatic heterocycles. The Bertz CT molecular complexity index is 307. The Hall–Kier alpha value is -0.870. The van der Waals surface area contributed by atoms with Crippen molar-refractivity contribution in [3.63, 3.8) is 0 Å². The molecule has 0 aromatic rings. The Morgan fingerprint density at radius 2 is 1.94 bits per heavy atom. The van der Waals surface area contributed by atoms with Gasteiger partial charge in [-0.2, -0.15) is 0 Å². The zero-order valence-corrected chi connectivity index (χ0v) is 12.7. The van der Waals surface area contributed by atoms with Crippen LogP contribution < -0.4 is 5.32 Å². The van der Waals surface area contributed by atoms with Crippen molar-refractivity contribution in [1.29, 1.82) is 0 Å². The van der Waals surface area contributed by atoms with Crippen LogP contribution >= 0.6 is 0 Å². The molecule has 0 radical (unpaired) electrons. The van der Waals surface area contributed by atoms with Gasteiger partial charge in [-0.3, -0.25) is 4.79 Å². The third-order valence-corrected chi connectivity index (χ3v) is 2.94. The summed E-state index contributed by atoms with van der Waals surface area (Å²) in [5.74, 6) is -0.0965. The van der Waals surface area contributed by atoms with Crippen molar-refractivity contribution < 1.29 is 14.4 Å². The third-order valence-electron chi connectivity index (χ3n) is 2.94. The van der Waals surface area contributed by atoms with Gasteiger partial charge in [-0.15, -0.1) is 0 Å². The molecule has 0 saturated heterocycles. The summed E-state index contributed by atoms with van der Waals surface area (Å²) in [6.45, 7) is 12.8. The topological polar surface area (TPSA) is 49.3 Å². The van der Waals surface area contributed by atoms with E-state index in [1.54, 1.807) is 13.8 Å². The summed E-state index contributed by atoms with van der Waals surface area (Å²) >= 11 is 0. The number of nitrogens with zero attached hydrogens (tertiary/aromatic N) is 1. The average Bonchev–Trinajstić information content (AvgIpc) is 2.12. The van der Waals surface area contributed by atoms with Crippen LogP contribution in [0.4, 0.5) is 0 Å². The lowest BCUT2D eigenvalue weighted by Gasteiger charge is -2.35. The van der Waals surface area contributed by atoms with E-state index in [0.29, 0.717) is 12.1 Å². The van der Waals surface area contributed by atoms with Crippen molar-refractivity contribution in [3.8, 4) is 0 Å². The molecule has 0 rings (SSSR count). The average molecular weight is 257 g/mol. The number of carbonyl (C=O) groups is 1. The molecule has 1 unspecified atom stereocenters. The number of likely N-dealkylation sites (N-methyl/N-ethyl adjacent to an activating group) is 1. The highest BCUT2D eigenvalue weighted by molar-refractivity contribution is 5.92. The second-order valence-electron chi connectivity index (χ2n) is 6.56. The van der Waals surface area contributed by atoms with Gasteiger partial charge in [0, 0.05) is 17.5 Å². The number of amides is 1. The first-order chi connectivity index (χ1) is 7.95. The maximum Gasteiger partial charge on any atom is 0.246 e. The van der Waals surface area contributed by atoms with Gasteiger partial charge in [-0.25, -0.2) is 0 Å². The fourth-order valence-corrected chi connectivity index (χ4v) is 1.87. The molecule has 106 valence electrons. The quantitative estimate of drug-likeness (QED) is 0.533. The highest BCUT2D eigenvalue weighted by atomic mass is 16.3. The molecule has 0 aliphatic carbocycles. The van der Waals surface area contributed by atoms with E-state index in [-0.39, 0.29) is 17.6 Å². The molecule has 2 N–H and O–H groups in total. The summed E-state index contributed by atoms with van der Waals surface area (Å²) < 4.78 is 0.740. The first-order valence-electron chi connectivity index (χ1n) is 6.43. The number of hydrogen-bond acceptors (Lipinski definition) is 2. The lowest BCUT2D eigenvalue weighted by Crippen LogP contribution is -2.51. The highest BCUT2D eigenvalue weighted by Gasteiger charge is 2.26. The molecule has 1 amide bonds. The van der Waals surface area contributed by atoms with Crippen molar-refractivity contribution in [1.82, 2.24) is 5.32 Å². The molecule has 0 aliphatic rings. The number of aliphatic hydroxyl groups is 1. The van der Waals surface area contributed by atoms with Gasteiger partial charge >= 0.3 is 0 Å². The molecule has 0 saturated carbocycles. The predicted octanol–water partition coefficient (Wildman–Crippen LogP) is 1.30. The number of nitrogens with one attached hydrogen (secondary N) is 1. The number of hydrogen-bond donors (Lipinski definition) is 2. The van der Waals surface area contributed by atoms with Gasteiger partial charge in [0.15, 0.2) is 0 Å². The number of aliphatic hydroxyl groups excluding tert-OH is 1. The van der Waals surface area contributed by atoms with Crippen LogP contribution in [0, 0.1) is 0 Å². The number of carbonyl (C=O) groups excluding carboxylic acids is 1. The number of quaternary nitrogens is 1. The maximum absolute atomic E-state index is 11.6. The standard InChI is InChI=1S/C14H28N2O2/c1-11(2)13(18)15-14(4,5)8-9-16(6,7)10-12(3)17/h12,17H,1,8-10H2,2-7H3/p+1. The van der Waals surface area contributed by atoms with E-state index in [2.05, 4.69) is 26.0 Å². The fraction of sp³-hybridized carbons (Fsp3) is 0.786. The van der Waals surface area contributed by atoms with Gasteiger partial charge < -0.3 is 14.9 Å². The smallest absolute Gasteiger partial charge is 0.246 e. The van der Waals surface area contributed by atoms with Crippen LogP contribution in [0.25, 0.3) is 0 Å². The van der Waals surface area contributed by atoms with E-state index in [4.69, 9.17) is 0 Å². The number of rotatable bonds is 7. The summed E-state index contributed by atoms with van der Waals surface area (Å²) in [5.41, 5.74) is 0.269. The minimum absolute atomic E-state index is 0.0965. The zero-order valence-electron chi connectivity index (χ0n) is 12.7. The fourth-order valence-electron chi connectivity index (χ4n) is 1.87. The minimum Gasteiger partial charge on any atom is -0.388 e. The van der Waals surface area contributed by atoms with Gasteiger partial charge in [-0.1, -0.05) is 6.58 Å². The molecule has 4 heteroatoms. The van der Waals surface area contributed by atoms with Gasteiger partial charge in [-0.05, 0) is 27.7 Å². The largest absolute Gasteiger partial charge is 0.388 e. The van der Waals surface area contributed by atoms with Gasteiger partial charge in [0.2, 0.25) is 5.91 Å². The lowest BCUT2D eigenvalue weighted by atomic mass is 9.99. The normalized spacial score (nSPS) is 14.2. The van der Waals surface area contributed by atoms with E-state index in [1.807, 2.05) is 13.8 Å². The Kier molecular flexibility index (Phi) is 6.04. The van der Waals surface area contributed by atoms with Crippen LogP contribution in [0.1, 0.15) is 34.1 Å². The Balaban J connectivity index is 4.33. The molecular formula is C14H29N2O2+. The van der Waals surface area contributed by atoms with Crippen molar-refractivity contribution in [3.05, 3.63) is 12.2 Å². The summed E-state index contributed by atoms with van der Waals surface area (Å²) in [7, 11) is 4.17. The predicted molar refractivity (Wildman–Crippen MR) is 75.2 cm³/mol. The van der Waals surface area contributed by atoms with Gasteiger partial charge in [0.25, 0.3) is 0 Å². The lowest BCUT2D eigenvalue weighted by molar-refractivity contribution is -0.893. The van der Waals surface area contributed by atoms with Crippen LogP contribution in [0.5, 0.6) is 0 Å². The van der Waals surface area contributed by atoms with Crippen LogP contribution in [0.3, 0.4) is 0 Å². The van der Waals surface area contributed by atoms with E-state index in [0.717, 1.165) is 17.4 Å². The molecule has 0 aliphatic heterocycles. The minimum atomic E-state index is -0.312. The summed E-state index contributed by atoms with van der Waals surface area (Å²) in [6, 6.07) is 0. The van der Waals surface area contributed by atoms with Crippen LogP contribution in [-0.2, 0) is 4.79 Å². The van der Waals surface area contributed by atoms with Gasteiger partial charge in [0.05, 0.1) is 20.6 Å². The molecule has 0 aromatic carbocycles. The Morgan fingerprint density at radius 3 is 2.33 bits per heavy atom. The monoisotopic (exact) mass is 257 g/mol. The molecule has 18 heavy (non-hydrogen) atoms. The second kappa shape index (κ2) is 6.34. The van der Waals surface area contributed by atoms with E-state index in [9.17, 15) is 9.90 Å². The summed E-state index contributed by atoms with van der Waals surface area (Å²) in [4.78, 5) is 11.6. The first kappa shape index (κ1) is 17.1. The van der Waals surface area contributed by atoms with Crippen LogP contribution in [0.15, 0.2) is 12.2 Å². The second-order valence-corrected chi connectivity index (χ2v) is 6.56. The van der Waals surface area contributed by atoms with Crippen molar-refractivity contribution in [2.75, 3.05) is 27.2 Å². The first-order valence-corrected chi connectivity index (χ1v) is 6.43. The van der Waals surface area contributed by atoms with E-state index < -0.39 is 0 Å². The molecular weight excluding hydrogens is 228 g/mol. The van der Waals surface area contributed by atoms with Gasteiger partial charge in [0.1, 0.15) is 12.6 Å².